The zero-order chi connectivity index (χ0) is 16.7. The number of pyridine rings is 1. The Labute approximate surface area is 134 Å². The summed E-state index contributed by atoms with van der Waals surface area (Å²) in [5, 5.41) is 2.62. The largest absolute Gasteiger partial charge is 0.486 e. The summed E-state index contributed by atoms with van der Waals surface area (Å²) < 4.78 is 19.6. The Hall–Kier alpha value is -2.89. The van der Waals surface area contributed by atoms with Gasteiger partial charge in [-0.05, 0) is 25.1 Å². The summed E-state index contributed by atoms with van der Waals surface area (Å²) in [6.45, 7) is 2.17. The number of rotatable bonds is 6. The topological polar surface area (TPSA) is 77.2 Å². The lowest BCUT2D eigenvalue weighted by atomic mass is 10.2. The molecular formula is C17H18FN3O2. The first kappa shape index (κ1) is 16.5. The number of hydrogen-bond acceptors (Lipinski definition) is 4. The lowest BCUT2D eigenvalue weighted by Gasteiger charge is -2.10. The second-order valence-electron chi connectivity index (χ2n) is 4.73. The molecule has 1 aromatic heterocycles. The molecular weight excluding hydrogens is 297 g/mol. The highest BCUT2D eigenvalue weighted by atomic mass is 19.1. The van der Waals surface area contributed by atoms with Crippen LogP contribution in [0.2, 0.25) is 0 Å². The normalized spacial score (nSPS) is 10.7. The zero-order valence-corrected chi connectivity index (χ0v) is 12.8. The number of halogens is 1. The van der Waals surface area contributed by atoms with Crippen molar-refractivity contribution in [3.63, 3.8) is 0 Å². The van der Waals surface area contributed by atoms with Crippen LogP contribution in [0.5, 0.6) is 5.75 Å². The fourth-order valence-corrected chi connectivity index (χ4v) is 1.92. The third-order valence-corrected chi connectivity index (χ3v) is 3.14. The van der Waals surface area contributed by atoms with Crippen LogP contribution in [-0.4, -0.2) is 17.5 Å². The van der Waals surface area contributed by atoms with E-state index in [1.54, 1.807) is 36.4 Å². The van der Waals surface area contributed by atoms with Crippen LogP contribution < -0.4 is 15.8 Å². The second-order valence-corrected chi connectivity index (χ2v) is 4.73. The number of carbonyl (C=O) groups excluding carboxylic acids is 1. The molecule has 1 heterocycles. The molecule has 1 amide bonds. The molecule has 120 valence electrons. The molecule has 0 radical (unpaired) electrons. The van der Waals surface area contributed by atoms with Gasteiger partial charge in [-0.25, -0.2) is 9.37 Å². The minimum absolute atomic E-state index is 0.0276. The van der Waals surface area contributed by atoms with E-state index in [1.807, 2.05) is 13.0 Å². The SMILES string of the molecule is CC=CCOc1cccc(CNC(=O)c2cccnc2N)c1F. The summed E-state index contributed by atoms with van der Waals surface area (Å²) in [5.41, 5.74) is 6.23. The van der Waals surface area contributed by atoms with Gasteiger partial charge in [-0.15, -0.1) is 0 Å². The van der Waals surface area contributed by atoms with Crippen LogP contribution in [0, 0.1) is 5.82 Å². The molecule has 0 fully saturated rings. The highest BCUT2D eigenvalue weighted by Gasteiger charge is 2.13. The Morgan fingerprint density at radius 2 is 2.22 bits per heavy atom. The first-order valence-electron chi connectivity index (χ1n) is 7.13. The zero-order valence-electron chi connectivity index (χ0n) is 12.8. The lowest BCUT2D eigenvalue weighted by molar-refractivity contribution is 0.0951. The van der Waals surface area contributed by atoms with Crippen molar-refractivity contribution in [1.29, 1.82) is 0 Å². The van der Waals surface area contributed by atoms with Gasteiger partial charge in [0.15, 0.2) is 11.6 Å². The number of anilines is 1. The van der Waals surface area contributed by atoms with Crippen molar-refractivity contribution in [2.75, 3.05) is 12.3 Å². The van der Waals surface area contributed by atoms with Crippen LogP contribution in [0.15, 0.2) is 48.7 Å². The van der Waals surface area contributed by atoms with Crippen molar-refractivity contribution < 1.29 is 13.9 Å². The van der Waals surface area contributed by atoms with Gasteiger partial charge in [0, 0.05) is 18.3 Å². The molecule has 0 saturated heterocycles. The maximum atomic E-state index is 14.3. The fraction of sp³-hybridized carbons (Fsp3) is 0.176. The predicted molar refractivity (Wildman–Crippen MR) is 86.5 cm³/mol. The van der Waals surface area contributed by atoms with E-state index in [9.17, 15) is 9.18 Å². The Kier molecular flexibility index (Phi) is 5.68. The molecule has 5 nitrogen and oxygen atoms in total. The van der Waals surface area contributed by atoms with Crippen molar-refractivity contribution in [3.8, 4) is 5.75 Å². The average Bonchev–Trinajstić information content (AvgIpc) is 2.55. The molecule has 0 spiro atoms. The van der Waals surface area contributed by atoms with Crippen molar-refractivity contribution in [1.82, 2.24) is 10.3 Å². The molecule has 0 bridgehead atoms. The molecule has 2 aromatic rings. The van der Waals surface area contributed by atoms with Gasteiger partial charge in [0.25, 0.3) is 5.91 Å². The molecule has 6 heteroatoms. The molecule has 0 saturated carbocycles. The van der Waals surface area contributed by atoms with E-state index in [0.717, 1.165) is 0 Å². The number of hydrogen-bond donors (Lipinski definition) is 2. The third-order valence-electron chi connectivity index (χ3n) is 3.14. The monoisotopic (exact) mass is 315 g/mol. The van der Waals surface area contributed by atoms with Crippen molar-refractivity contribution in [2.45, 2.75) is 13.5 Å². The summed E-state index contributed by atoms with van der Waals surface area (Å²) in [4.78, 5) is 15.9. The molecule has 3 N–H and O–H groups in total. The Morgan fingerprint density at radius 3 is 2.96 bits per heavy atom. The second kappa shape index (κ2) is 7.93. The molecule has 23 heavy (non-hydrogen) atoms. The number of allylic oxidation sites excluding steroid dienone is 1. The van der Waals surface area contributed by atoms with Gasteiger partial charge in [-0.1, -0.05) is 24.3 Å². The maximum Gasteiger partial charge on any atom is 0.255 e. The quantitative estimate of drug-likeness (QED) is 0.804. The number of nitrogens with zero attached hydrogens (tertiary/aromatic N) is 1. The van der Waals surface area contributed by atoms with Gasteiger partial charge in [0.2, 0.25) is 0 Å². The third kappa shape index (κ3) is 4.29. The summed E-state index contributed by atoms with van der Waals surface area (Å²) >= 11 is 0. The van der Waals surface area contributed by atoms with E-state index >= 15 is 0 Å². The highest BCUT2D eigenvalue weighted by Crippen LogP contribution is 2.20. The lowest BCUT2D eigenvalue weighted by Crippen LogP contribution is -2.24. The van der Waals surface area contributed by atoms with Gasteiger partial charge in [-0.2, -0.15) is 0 Å². The average molecular weight is 315 g/mol. The van der Waals surface area contributed by atoms with Crippen molar-refractivity contribution in [2.24, 2.45) is 0 Å². The molecule has 1 aromatic carbocycles. The van der Waals surface area contributed by atoms with Crippen LogP contribution in [0.3, 0.4) is 0 Å². The number of nitrogens with two attached hydrogens (primary N) is 1. The number of carbonyl (C=O) groups is 1. The van der Waals surface area contributed by atoms with E-state index in [4.69, 9.17) is 10.5 Å². The number of nitrogen functional groups attached to an aromatic ring is 1. The van der Waals surface area contributed by atoms with E-state index in [2.05, 4.69) is 10.3 Å². The van der Waals surface area contributed by atoms with E-state index < -0.39 is 11.7 Å². The first-order chi connectivity index (χ1) is 11.1. The van der Waals surface area contributed by atoms with Crippen LogP contribution >= 0.6 is 0 Å². The summed E-state index contributed by atoms with van der Waals surface area (Å²) in [6, 6.07) is 7.98. The number of ether oxygens (including phenoxy) is 1. The minimum Gasteiger partial charge on any atom is -0.486 e. The van der Waals surface area contributed by atoms with E-state index in [0.29, 0.717) is 5.56 Å². The number of nitrogens with one attached hydrogen (secondary N) is 1. The predicted octanol–water partition coefficient (Wildman–Crippen LogP) is 2.69. The molecule has 0 atom stereocenters. The Bertz CT molecular complexity index is 717. The summed E-state index contributed by atoms with van der Waals surface area (Å²) in [7, 11) is 0. The number of benzene rings is 1. The van der Waals surface area contributed by atoms with Gasteiger partial charge >= 0.3 is 0 Å². The molecule has 2 rings (SSSR count). The van der Waals surface area contributed by atoms with Gasteiger partial charge < -0.3 is 15.8 Å². The van der Waals surface area contributed by atoms with Crippen LogP contribution in [0.4, 0.5) is 10.2 Å². The van der Waals surface area contributed by atoms with Gasteiger partial charge in [0.1, 0.15) is 12.4 Å². The minimum atomic E-state index is -0.489. The number of aromatic nitrogens is 1. The smallest absolute Gasteiger partial charge is 0.255 e. The standard InChI is InChI=1S/C17H18FN3O2/c1-2-3-10-23-14-8-4-6-12(15(14)18)11-21-17(22)13-7-5-9-20-16(13)19/h2-9H,10-11H2,1H3,(H2,19,20)(H,21,22). The molecule has 0 aliphatic rings. The van der Waals surface area contributed by atoms with Crippen molar-refractivity contribution in [3.05, 3.63) is 65.6 Å². The fourth-order valence-electron chi connectivity index (χ4n) is 1.92. The van der Waals surface area contributed by atoms with Crippen LogP contribution in [-0.2, 0) is 6.54 Å². The Morgan fingerprint density at radius 1 is 1.39 bits per heavy atom. The molecule has 0 unspecified atom stereocenters. The van der Waals surface area contributed by atoms with E-state index in [1.165, 1.54) is 6.20 Å². The molecule has 0 aliphatic heterocycles. The van der Waals surface area contributed by atoms with Crippen LogP contribution in [0.1, 0.15) is 22.8 Å². The van der Waals surface area contributed by atoms with E-state index in [-0.39, 0.29) is 30.3 Å². The summed E-state index contributed by atoms with van der Waals surface area (Å²) in [6.07, 6.45) is 5.09. The Balaban J connectivity index is 2.04. The van der Waals surface area contributed by atoms with Gasteiger partial charge in [0.05, 0.1) is 5.56 Å². The first-order valence-corrected chi connectivity index (χ1v) is 7.13. The number of amides is 1. The maximum absolute atomic E-state index is 14.3. The van der Waals surface area contributed by atoms with Gasteiger partial charge in [-0.3, -0.25) is 4.79 Å². The molecule has 0 aliphatic carbocycles. The van der Waals surface area contributed by atoms with Crippen molar-refractivity contribution >= 4 is 11.7 Å². The highest BCUT2D eigenvalue weighted by molar-refractivity contribution is 5.98. The summed E-state index contributed by atoms with van der Waals surface area (Å²) in [5.74, 6) is -0.614. The van der Waals surface area contributed by atoms with Crippen LogP contribution in [0.25, 0.3) is 0 Å².